The average Bonchev–Trinajstić information content (AvgIpc) is 3.35. The highest BCUT2D eigenvalue weighted by atomic mass is 32.2. The summed E-state index contributed by atoms with van der Waals surface area (Å²) in [4.78, 5) is 33.4. The lowest BCUT2D eigenvalue weighted by Gasteiger charge is -2.18. The van der Waals surface area contributed by atoms with Crippen LogP contribution in [0.3, 0.4) is 0 Å². The van der Waals surface area contributed by atoms with Gasteiger partial charge in [0.25, 0.3) is 10.0 Å². The molecular formula is C20H22FN5O5S2. The van der Waals surface area contributed by atoms with Crippen molar-refractivity contribution >= 4 is 44.1 Å². The third-order valence-electron chi connectivity index (χ3n) is 4.50. The molecule has 0 fully saturated rings. The summed E-state index contributed by atoms with van der Waals surface area (Å²) in [7, 11) is -2.16. The van der Waals surface area contributed by atoms with Crippen molar-refractivity contribution in [3.05, 3.63) is 53.2 Å². The second-order valence-corrected chi connectivity index (χ2v) is 9.52. The number of hydrogen-bond acceptors (Lipinski definition) is 8. The van der Waals surface area contributed by atoms with Crippen molar-refractivity contribution in [1.29, 1.82) is 0 Å². The first-order chi connectivity index (χ1) is 15.6. The molecule has 176 valence electrons. The number of nitrogens with zero attached hydrogens (tertiary/aromatic N) is 4. The molecule has 0 bridgehead atoms. The molecule has 33 heavy (non-hydrogen) atoms. The highest BCUT2D eigenvalue weighted by Gasteiger charge is 2.22. The van der Waals surface area contributed by atoms with Crippen LogP contribution >= 0.6 is 11.3 Å². The molecule has 0 atom stereocenters. The van der Waals surface area contributed by atoms with Crippen molar-refractivity contribution < 1.29 is 27.1 Å². The normalized spacial score (nSPS) is 11.4. The number of aryl methyl sites for hydroxylation is 2. The smallest absolute Gasteiger partial charge is 0.307 e. The van der Waals surface area contributed by atoms with E-state index in [1.54, 1.807) is 30.0 Å². The maximum Gasteiger partial charge on any atom is 0.307 e. The maximum absolute atomic E-state index is 14.1. The summed E-state index contributed by atoms with van der Waals surface area (Å²) in [6, 6.07) is 5.82. The predicted molar refractivity (Wildman–Crippen MR) is 119 cm³/mol. The Bertz CT molecular complexity index is 1250. The van der Waals surface area contributed by atoms with Crippen LogP contribution in [-0.4, -0.2) is 41.4 Å². The Morgan fingerprint density at radius 3 is 2.64 bits per heavy atom. The van der Waals surface area contributed by atoms with E-state index in [2.05, 4.69) is 14.7 Å². The average molecular weight is 496 g/mol. The lowest BCUT2D eigenvalue weighted by molar-refractivity contribution is -0.144. The molecule has 3 rings (SSSR count). The Hall–Kier alpha value is -3.16. The largest absolute Gasteiger partial charge is 0.459 e. The lowest BCUT2D eigenvalue weighted by Crippen LogP contribution is -2.27. The molecule has 2 heterocycles. The molecule has 3 aromatic rings. The number of carbonyl (C=O) groups is 2. The van der Waals surface area contributed by atoms with Gasteiger partial charge in [0.2, 0.25) is 5.91 Å². The van der Waals surface area contributed by atoms with Gasteiger partial charge < -0.3 is 9.30 Å². The SMILES string of the molecule is CC(=O)N(c1nc(COC(=O)CCNS(=O)(=O)c2cn(C)c(C)n2)cs1)c1ccccc1F. The summed E-state index contributed by atoms with van der Waals surface area (Å²) < 4.78 is 47.6. The van der Waals surface area contributed by atoms with Gasteiger partial charge in [0, 0.05) is 32.1 Å². The number of imidazole rings is 1. The summed E-state index contributed by atoms with van der Waals surface area (Å²) in [5, 5.41) is 1.69. The van der Waals surface area contributed by atoms with Crippen molar-refractivity contribution in [1.82, 2.24) is 19.3 Å². The van der Waals surface area contributed by atoms with E-state index in [4.69, 9.17) is 4.74 Å². The fourth-order valence-corrected chi connectivity index (χ4v) is 4.68. The van der Waals surface area contributed by atoms with Crippen LogP contribution in [0.5, 0.6) is 0 Å². The topological polar surface area (TPSA) is 123 Å². The minimum Gasteiger partial charge on any atom is -0.459 e. The first-order valence-corrected chi connectivity index (χ1v) is 12.1. The van der Waals surface area contributed by atoms with E-state index in [-0.39, 0.29) is 35.4 Å². The minimum absolute atomic E-state index is 0.0679. The molecule has 1 N–H and O–H groups in total. The Labute approximate surface area is 194 Å². The van der Waals surface area contributed by atoms with Crippen LogP contribution in [0.25, 0.3) is 0 Å². The molecule has 1 amide bonds. The van der Waals surface area contributed by atoms with E-state index >= 15 is 0 Å². The summed E-state index contributed by atoms with van der Waals surface area (Å²) >= 11 is 1.10. The van der Waals surface area contributed by atoms with Crippen LogP contribution < -0.4 is 9.62 Å². The third kappa shape index (κ3) is 6.00. The van der Waals surface area contributed by atoms with E-state index in [0.29, 0.717) is 11.5 Å². The molecule has 0 unspecified atom stereocenters. The molecule has 0 spiro atoms. The third-order valence-corrected chi connectivity index (χ3v) is 6.71. The molecular weight excluding hydrogens is 473 g/mol. The number of para-hydroxylation sites is 1. The first kappa shape index (κ1) is 24.5. The number of thiazole rings is 1. The lowest BCUT2D eigenvalue weighted by atomic mass is 10.3. The zero-order chi connectivity index (χ0) is 24.2. The maximum atomic E-state index is 14.1. The molecule has 10 nitrogen and oxygen atoms in total. The van der Waals surface area contributed by atoms with Gasteiger partial charge in [-0.3, -0.25) is 14.5 Å². The fraction of sp³-hybridized carbons (Fsp3) is 0.300. The van der Waals surface area contributed by atoms with Gasteiger partial charge in [0.15, 0.2) is 10.2 Å². The molecule has 0 aliphatic rings. The number of ether oxygens (including phenoxy) is 1. The van der Waals surface area contributed by atoms with Crippen LogP contribution in [0.15, 0.2) is 40.9 Å². The highest BCUT2D eigenvalue weighted by molar-refractivity contribution is 7.89. The van der Waals surface area contributed by atoms with Gasteiger partial charge in [-0.25, -0.2) is 27.5 Å². The monoisotopic (exact) mass is 495 g/mol. The van der Waals surface area contributed by atoms with E-state index in [1.165, 1.54) is 31.3 Å². The van der Waals surface area contributed by atoms with Crippen LogP contribution in [0.1, 0.15) is 24.9 Å². The number of rotatable bonds is 9. The fourth-order valence-electron chi connectivity index (χ4n) is 2.75. The molecule has 0 saturated heterocycles. The summed E-state index contributed by atoms with van der Waals surface area (Å²) in [5.74, 6) is -1.09. The highest BCUT2D eigenvalue weighted by Crippen LogP contribution is 2.30. The number of amides is 1. The van der Waals surface area contributed by atoms with Crippen molar-refractivity contribution in [3.63, 3.8) is 0 Å². The van der Waals surface area contributed by atoms with Gasteiger partial charge in [-0.1, -0.05) is 12.1 Å². The number of benzene rings is 1. The van der Waals surface area contributed by atoms with E-state index in [0.717, 1.165) is 16.2 Å². The Kier molecular flexibility index (Phi) is 7.56. The van der Waals surface area contributed by atoms with Crippen molar-refractivity contribution in [3.8, 4) is 0 Å². The van der Waals surface area contributed by atoms with Gasteiger partial charge in [0.05, 0.1) is 17.8 Å². The van der Waals surface area contributed by atoms with E-state index in [1.807, 2.05) is 0 Å². The summed E-state index contributed by atoms with van der Waals surface area (Å²) in [6.07, 6.45) is 1.18. The second-order valence-electron chi connectivity index (χ2n) is 6.97. The Morgan fingerprint density at radius 2 is 2.00 bits per heavy atom. The number of aromatic nitrogens is 3. The Balaban J connectivity index is 1.54. The van der Waals surface area contributed by atoms with Gasteiger partial charge in [-0.05, 0) is 19.1 Å². The van der Waals surface area contributed by atoms with Crippen molar-refractivity contribution in [2.75, 3.05) is 11.4 Å². The second kappa shape index (κ2) is 10.2. The molecule has 1 aromatic carbocycles. The molecule has 2 aromatic heterocycles. The van der Waals surface area contributed by atoms with E-state index in [9.17, 15) is 22.4 Å². The quantitative estimate of drug-likeness (QED) is 0.452. The predicted octanol–water partition coefficient (Wildman–Crippen LogP) is 2.42. The number of nitrogens with one attached hydrogen (secondary N) is 1. The minimum atomic E-state index is -3.84. The summed E-state index contributed by atoms with van der Waals surface area (Å²) in [5.41, 5.74) is 0.439. The van der Waals surface area contributed by atoms with Crippen LogP contribution in [0.4, 0.5) is 15.2 Å². The number of hydrogen-bond donors (Lipinski definition) is 1. The number of sulfonamides is 1. The number of esters is 1. The van der Waals surface area contributed by atoms with E-state index < -0.39 is 27.7 Å². The molecule has 0 saturated carbocycles. The number of carbonyl (C=O) groups excluding carboxylic acids is 2. The summed E-state index contributed by atoms with van der Waals surface area (Å²) in [6.45, 7) is 2.63. The van der Waals surface area contributed by atoms with Crippen LogP contribution in [0.2, 0.25) is 0 Å². The van der Waals surface area contributed by atoms with Gasteiger partial charge in [0.1, 0.15) is 18.2 Å². The van der Waals surface area contributed by atoms with Crippen LogP contribution in [-0.2, 0) is 38.0 Å². The van der Waals surface area contributed by atoms with Gasteiger partial charge in [-0.15, -0.1) is 11.3 Å². The molecule has 0 radical (unpaired) electrons. The van der Waals surface area contributed by atoms with Crippen molar-refractivity contribution in [2.45, 2.75) is 31.9 Å². The zero-order valence-electron chi connectivity index (χ0n) is 18.1. The number of anilines is 2. The molecule has 0 aliphatic carbocycles. The van der Waals surface area contributed by atoms with Crippen molar-refractivity contribution in [2.24, 2.45) is 7.05 Å². The molecule has 13 heteroatoms. The molecule has 0 aliphatic heterocycles. The standard InChI is InChI=1S/C20H22FN5O5S2/c1-13-23-18(10-25(13)3)33(29,30)22-9-8-19(28)31-11-15-12-32-20(24-15)26(14(2)27)17-7-5-4-6-16(17)21/h4-7,10,12,22H,8-9,11H2,1-3H3. The number of halogens is 1. The van der Waals surface area contributed by atoms with Gasteiger partial charge >= 0.3 is 5.97 Å². The van der Waals surface area contributed by atoms with Crippen LogP contribution in [0, 0.1) is 12.7 Å². The first-order valence-electron chi connectivity index (χ1n) is 9.73. The zero-order valence-corrected chi connectivity index (χ0v) is 19.7. The Morgan fingerprint density at radius 1 is 1.27 bits per heavy atom. The van der Waals surface area contributed by atoms with Gasteiger partial charge in [-0.2, -0.15) is 0 Å².